The molecule has 74 valence electrons. The van der Waals surface area contributed by atoms with Crippen LogP contribution in [0.5, 0.6) is 0 Å². The molecule has 3 nitrogen and oxygen atoms in total. The van der Waals surface area contributed by atoms with Gasteiger partial charge in [0.1, 0.15) is 4.21 Å². The van der Waals surface area contributed by atoms with Crippen molar-refractivity contribution in [1.29, 1.82) is 0 Å². The zero-order chi connectivity index (χ0) is 10.3. The number of hydrogen-bond donors (Lipinski definition) is 1. The first-order valence-corrected chi connectivity index (χ1v) is 5.40. The summed E-state index contributed by atoms with van der Waals surface area (Å²) >= 11 is 0.137. The van der Waals surface area contributed by atoms with E-state index in [1.807, 2.05) is 0 Å². The molecule has 0 atom stereocenters. The molecule has 0 saturated heterocycles. The molecular weight excluding hydrogens is 265 g/mol. The molecule has 0 amide bonds. The Balaban J connectivity index is 0.00000169. The van der Waals surface area contributed by atoms with Crippen molar-refractivity contribution in [1.82, 2.24) is 0 Å². The van der Waals surface area contributed by atoms with Crippen LogP contribution in [0.4, 0.5) is 12.9 Å². The maximum Gasteiger partial charge on any atom is 1.00 e. The monoisotopic (exact) mass is 269 g/mol. The molecule has 14 heavy (non-hydrogen) atoms. The molecule has 2 N–H and O–H groups in total. The van der Waals surface area contributed by atoms with Crippen molar-refractivity contribution in [3.05, 3.63) is 12.1 Å². The summed E-state index contributed by atoms with van der Waals surface area (Å²) in [6.07, 6.45) is 0. The van der Waals surface area contributed by atoms with Crippen LogP contribution in [0.15, 0.2) is 16.3 Å². The van der Waals surface area contributed by atoms with Gasteiger partial charge in [0, 0.05) is 0 Å². The summed E-state index contributed by atoms with van der Waals surface area (Å²) in [4.78, 5) is 0. The minimum atomic E-state index is -5.14. The van der Waals surface area contributed by atoms with Crippen molar-refractivity contribution in [2.45, 2.75) is 4.21 Å². The van der Waals surface area contributed by atoms with E-state index in [2.05, 4.69) is 5.14 Å². The second-order valence-corrected chi connectivity index (χ2v) is 5.18. The van der Waals surface area contributed by atoms with Crippen molar-refractivity contribution >= 4 is 33.1 Å². The average molecular weight is 269 g/mol. The van der Waals surface area contributed by atoms with Crippen LogP contribution in [0.2, 0.25) is 0 Å². The van der Waals surface area contributed by atoms with Crippen LogP contribution in [0.25, 0.3) is 0 Å². The van der Waals surface area contributed by atoms with Crippen molar-refractivity contribution in [3.8, 4) is 0 Å². The van der Waals surface area contributed by atoms with E-state index in [1.54, 1.807) is 0 Å². The van der Waals surface area contributed by atoms with E-state index < -0.39 is 26.0 Å². The van der Waals surface area contributed by atoms with E-state index in [9.17, 15) is 21.4 Å². The Kier molecular flexibility index (Phi) is 5.34. The fourth-order valence-electron chi connectivity index (χ4n) is 0.663. The van der Waals surface area contributed by atoms with Gasteiger partial charge in [-0.15, -0.1) is 0 Å². The van der Waals surface area contributed by atoms with E-state index in [1.165, 1.54) is 0 Å². The van der Waals surface area contributed by atoms with E-state index in [0.29, 0.717) is 6.07 Å². The molecule has 0 aromatic carbocycles. The van der Waals surface area contributed by atoms with Crippen molar-refractivity contribution in [3.63, 3.8) is 0 Å². The van der Waals surface area contributed by atoms with Crippen LogP contribution >= 0.6 is 11.3 Å². The minimum absolute atomic E-state index is 0. The van der Waals surface area contributed by atoms with E-state index in [4.69, 9.17) is 0 Å². The predicted molar refractivity (Wildman–Crippen MR) is 44.4 cm³/mol. The summed E-state index contributed by atoms with van der Waals surface area (Å²) in [5, 5.41) is 4.64. The third kappa shape index (κ3) is 3.93. The molecule has 1 aromatic heterocycles. The summed E-state index contributed by atoms with van der Waals surface area (Å²) in [7, 11) is -4.01. The van der Waals surface area contributed by atoms with Gasteiger partial charge in [0.15, 0.2) is 0 Å². The topological polar surface area (TPSA) is 60.2 Å². The number of halogens is 3. The Hall–Kier alpha value is 1.10. The van der Waals surface area contributed by atoms with Gasteiger partial charge in [0.25, 0.3) is 0 Å². The van der Waals surface area contributed by atoms with Crippen LogP contribution in [0.3, 0.4) is 0 Å². The fourth-order valence-corrected chi connectivity index (χ4v) is 2.31. The van der Waals surface area contributed by atoms with Gasteiger partial charge in [-0.3, -0.25) is 0 Å². The predicted octanol–water partition coefficient (Wildman–Crippen LogP) is -2.55. The van der Waals surface area contributed by atoms with E-state index >= 15 is 0 Å². The van der Waals surface area contributed by atoms with Crippen LogP contribution in [0.1, 0.15) is 0 Å². The zero-order valence-corrected chi connectivity index (χ0v) is 11.8. The molecule has 10 heteroatoms. The van der Waals surface area contributed by atoms with Crippen molar-refractivity contribution in [2.75, 3.05) is 0 Å². The van der Waals surface area contributed by atoms with Gasteiger partial charge < -0.3 is 12.9 Å². The summed E-state index contributed by atoms with van der Waals surface area (Å²) in [5.74, 6) is 0. The number of nitrogens with two attached hydrogens (primary N) is 1. The van der Waals surface area contributed by atoms with Crippen LogP contribution in [-0.4, -0.2) is 15.4 Å². The van der Waals surface area contributed by atoms with Gasteiger partial charge in [-0.25, -0.2) is 13.6 Å². The quantitative estimate of drug-likeness (QED) is 0.601. The molecule has 0 unspecified atom stereocenters. The number of thiophene rings is 1. The Morgan fingerprint density at radius 1 is 1.29 bits per heavy atom. The molecule has 0 spiro atoms. The SMILES string of the molecule is NS(=O)(=O)c1ccc([B-](F)(F)F)s1.[K+]. The molecule has 0 saturated carbocycles. The summed E-state index contributed by atoms with van der Waals surface area (Å²) in [5.41, 5.74) is 0. The molecule has 0 fully saturated rings. The number of rotatable bonds is 2. The summed E-state index contributed by atoms with van der Waals surface area (Å²) < 4.78 is 55.9. The Bertz CT molecular complexity index is 414. The van der Waals surface area contributed by atoms with E-state index in [0.717, 1.165) is 6.07 Å². The van der Waals surface area contributed by atoms with Crippen molar-refractivity contribution in [2.24, 2.45) is 5.14 Å². The molecule has 0 aliphatic carbocycles. The van der Waals surface area contributed by atoms with E-state index in [-0.39, 0.29) is 62.7 Å². The molecule has 0 radical (unpaired) electrons. The second-order valence-electron chi connectivity index (χ2n) is 2.28. The molecule has 1 aromatic rings. The van der Waals surface area contributed by atoms with Gasteiger partial charge in [-0.05, 0) is 6.07 Å². The number of primary sulfonamides is 1. The van der Waals surface area contributed by atoms with Crippen LogP contribution in [-0.2, 0) is 10.0 Å². The van der Waals surface area contributed by atoms with Crippen LogP contribution < -0.4 is 61.3 Å². The number of sulfonamides is 1. The minimum Gasteiger partial charge on any atom is -0.444 e. The Morgan fingerprint density at radius 3 is 2.00 bits per heavy atom. The largest absolute Gasteiger partial charge is 1.00 e. The molecule has 1 heterocycles. The van der Waals surface area contributed by atoms with Gasteiger partial charge >= 0.3 is 58.4 Å². The Morgan fingerprint density at radius 2 is 1.79 bits per heavy atom. The average Bonchev–Trinajstić information content (AvgIpc) is 2.28. The maximum absolute atomic E-state index is 12.0. The molecule has 0 aliphatic heterocycles. The maximum atomic E-state index is 12.0. The summed E-state index contributed by atoms with van der Waals surface area (Å²) in [6, 6.07) is 1.56. The van der Waals surface area contributed by atoms with Crippen molar-refractivity contribution < 1.29 is 72.7 Å². The van der Waals surface area contributed by atoms with Gasteiger partial charge in [-0.2, -0.15) is 11.3 Å². The third-order valence-corrected chi connectivity index (χ3v) is 3.83. The summed E-state index contributed by atoms with van der Waals surface area (Å²) in [6.45, 7) is -5.14. The fraction of sp³-hybridized carbons (Fsp3) is 0. The van der Waals surface area contributed by atoms with Gasteiger partial charge in [0.2, 0.25) is 10.0 Å². The first kappa shape index (κ1) is 15.1. The molecule has 0 bridgehead atoms. The first-order valence-electron chi connectivity index (χ1n) is 3.04. The van der Waals surface area contributed by atoms with Crippen LogP contribution in [0, 0.1) is 0 Å². The molecular formula is C4H4BF3KNO2S2. The Labute approximate surface area is 125 Å². The number of hydrogen-bond acceptors (Lipinski definition) is 3. The zero-order valence-electron chi connectivity index (χ0n) is 7.08. The second kappa shape index (κ2) is 4.96. The first-order chi connectivity index (χ1) is 5.71. The molecule has 0 aliphatic rings. The third-order valence-electron chi connectivity index (χ3n) is 1.21. The molecule has 1 rings (SSSR count). The standard InChI is InChI=1S/C4H4BF3NO2S2.K/c6-5(7,8)3-1-2-4(12-3)13(9,10)11;/h1-2H,(H2,9,10,11);/q-1;+1. The smallest absolute Gasteiger partial charge is 0.444 e. The van der Waals surface area contributed by atoms with Gasteiger partial charge in [0.05, 0.1) is 0 Å². The normalized spacial score (nSPS) is 12.3. The van der Waals surface area contributed by atoms with Gasteiger partial charge in [-0.1, -0.05) is 10.8 Å².